The fourth-order valence-corrected chi connectivity index (χ4v) is 2.08. The Hall–Kier alpha value is -1.46. The Balaban J connectivity index is 2.15. The normalized spacial score (nSPS) is 12.2. The minimum atomic E-state index is -0.371. The van der Waals surface area contributed by atoms with E-state index >= 15 is 0 Å². The van der Waals surface area contributed by atoms with E-state index in [1.165, 1.54) is 6.07 Å². The molecule has 0 aliphatic rings. The smallest absolute Gasteiger partial charge is 0.141 e. The van der Waals surface area contributed by atoms with Gasteiger partial charge >= 0.3 is 0 Å². The van der Waals surface area contributed by atoms with Crippen molar-refractivity contribution in [2.24, 2.45) is 5.73 Å². The second-order valence-corrected chi connectivity index (χ2v) is 5.19. The highest BCUT2D eigenvalue weighted by Crippen LogP contribution is 2.28. The van der Waals surface area contributed by atoms with E-state index in [0.29, 0.717) is 11.3 Å². The molecular weight excluding hydrogens is 311 g/mol. The number of benzene rings is 1. The summed E-state index contributed by atoms with van der Waals surface area (Å²) < 4.78 is 19.6. The van der Waals surface area contributed by atoms with Crippen LogP contribution >= 0.6 is 15.9 Å². The highest BCUT2D eigenvalue weighted by Gasteiger charge is 2.09. The number of nitrogens with zero attached hydrogens (tertiary/aromatic N) is 1. The lowest BCUT2D eigenvalue weighted by molar-refractivity contribution is 0.300. The van der Waals surface area contributed by atoms with Crippen LogP contribution in [0.1, 0.15) is 24.1 Å². The summed E-state index contributed by atoms with van der Waals surface area (Å²) in [6.45, 7) is 2.14. The van der Waals surface area contributed by atoms with Crippen LogP contribution < -0.4 is 10.5 Å². The number of rotatable bonds is 4. The third kappa shape index (κ3) is 3.75. The number of ether oxygens (including phenoxy) is 1. The molecular formula is C14H14BrFN2O. The van der Waals surface area contributed by atoms with Crippen molar-refractivity contribution in [2.45, 2.75) is 19.6 Å². The first kappa shape index (κ1) is 14.0. The molecule has 0 unspecified atom stereocenters. The number of hydrogen-bond acceptors (Lipinski definition) is 3. The Labute approximate surface area is 119 Å². The number of hydrogen-bond donors (Lipinski definition) is 1. The summed E-state index contributed by atoms with van der Waals surface area (Å²) in [7, 11) is 0. The van der Waals surface area contributed by atoms with Crippen molar-refractivity contribution in [3.63, 3.8) is 0 Å². The molecule has 2 aromatic rings. The fraction of sp³-hybridized carbons (Fsp3) is 0.214. The molecule has 1 atom stereocenters. The van der Waals surface area contributed by atoms with Crippen molar-refractivity contribution in [3.05, 3.63) is 58.1 Å². The number of aromatic nitrogens is 1. The fourth-order valence-electron chi connectivity index (χ4n) is 1.70. The molecule has 5 heteroatoms. The average molecular weight is 325 g/mol. The van der Waals surface area contributed by atoms with Gasteiger partial charge in [-0.2, -0.15) is 0 Å². The SMILES string of the molecule is C[C@@H](N)c1cc(Br)ccc1OCc1cncc(F)c1. The molecule has 0 amide bonds. The molecule has 0 radical (unpaired) electrons. The molecule has 1 aromatic heterocycles. The van der Waals surface area contributed by atoms with Crippen LogP contribution in [0.15, 0.2) is 41.1 Å². The van der Waals surface area contributed by atoms with Crippen molar-refractivity contribution >= 4 is 15.9 Å². The largest absolute Gasteiger partial charge is 0.489 e. The summed E-state index contributed by atoms with van der Waals surface area (Å²) >= 11 is 3.40. The Morgan fingerprint density at radius 1 is 1.37 bits per heavy atom. The second kappa shape index (κ2) is 6.12. The third-order valence-electron chi connectivity index (χ3n) is 2.62. The Kier molecular flexibility index (Phi) is 4.50. The number of halogens is 2. The maximum Gasteiger partial charge on any atom is 0.141 e. The topological polar surface area (TPSA) is 48.1 Å². The van der Waals surface area contributed by atoms with Crippen LogP contribution in [-0.4, -0.2) is 4.98 Å². The minimum absolute atomic E-state index is 0.141. The average Bonchev–Trinajstić information content (AvgIpc) is 2.37. The summed E-state index contributed by atoms with van der Waals surface area (Å²) in [6.07, 6.45) is 2.74. The van der Waals surface area contributed by atoms with Crippen LogP contribution in [0.25, 0.3) is 0 Å². The summed E-state index contributed by atoms with van der Waals surface area (Å²) in [5.74, 6) is 0.326. The predicted octanol–water partition coefficient (Wildman–Crippen LogP) is 3.58. The van der Waals surface area contributed by atoms with E-state index in [9.17, 15) is 4.39 Å². The zero-order chi connectivity index (χ0) is 13.8. The molecule has 0 aliphatic heterocycles. The number of nitrogens with two attached hydrogens (primary N) is 1. The van der Waals surface area contributed by atoms with Gasteiger partial charge in [0.2, 0.25) is 0 Å². The van der Waals surface area contributed by atoms with Crippen LogP contribution in [-0.2, 0) is 6.61 Å². The minimum Gasteiger partial charge on any atom is -0.489 e. The third-order valence-corrected chi connectivity index (χ3v) is 3.11. The van der Waals surface area contributed by atoms with E-state index in [4.69, 9.17) is 10.5 Å². The predicted molar refractivity (Wildman–Crippen MR) is 75.3 cm³/mol. The van der Waals surface area contributed by atoms with Gasteiger partial charge in [0.15, 0.2) is 0 Å². The molecule has 0 fully saturated rings. The molecule has 0 spiro atoms. The molecule has 0 saturated carbocycles. The monoisotopic (exact) mass is 324 g/mol. The molecule has 100 valence electrons. The molecule has 2 N–H and O–H groups in total. The first-order valence-corrected chi connectivity index (χ1v) is 6.63. The lowest BCUT2D eigenvalue weighted by Gasteiger charge is -2.14. The van der Waals surface area contributed by atoms with Crippen molar-refractivity contribution in [2.75, 3.05) is 0 Å². The Morgan fingerprint density at radius 2 is 2.16 bits per heavy atom. The van der Waals surface area contributed by atoms with Crippen molar-refractivity contribution in [1.82, 2.24) is 4.98 Å². The van der Waals surface area contributed by atoms with Crippen LogP contribution in [0, 0.1) is 5.82 Å². The highest BCUT2D eigenvalue weighted by atomic mass is 79.9. The van der Waals surface area contributed by atoms with E-state index in [-0.39, 0.29) is 18.5 Å². The van der Waals surface area contributed by atoms with Gasteiger partial charge in [-0.25, -0.2) is 4.39 Å². The molecule has 1 heterocycles. The van der Waals surface area contributed by atoms with Crippen LogP contribution in [0.4, 0.5) is 4.39 Å². The molecule has 19 heavy (non-hydrogen) atoms. The van der Waals surface area contributed by atoms with Gasteiger partial charge in [0, 0.05) is 27.8 Å². The van der Waals surface area contributed by atoms with Crippen molar-refractivity contribution in [3.8, 4) is 5.75 Å². The van der Waals surface area contributed by atoms with Gasteiger partial charge in [0.25, 0.3) is 0 Å². The highest BCUT2D eigenvalue weighted by molar-refractivity contribution is 9.10. The molecule has 0 bridgehead atoms. The zero-order valence-electron chi connectivity index (χ0n) is 10.4. The molecule has 0 saturated heterocycles. The second-order valence-electron chi connectivity index (χ2n) is 4.27. The van der Waals surface area contributed by atoms with Gasteiger partial charge in [-0.15, -0.1) is 0 Å². The summed E-state index contributed by atoms with van der Waals surface area (Å²) in [4.78, 5) is 3.78. The van der Waals surface area contributed by atoms with Crippen molar-refractivity contribution < 1.29 is 9.13 Å². The van der Waals surface area contributed by atoms with E-state index in [1.54, 1.807) is 6.20 Å². The van der Waals surface area contributed by atoms with Crippen LogP contribution in [0.2, 0.25) is 0 Å². The summed E-state index contributed by atoms with van der Waals surface area (Å²) in [5, 5.41) is 0. The maximum absolute atomic E-state index is 13.0. The Bertz CT molecular complexity index is 575. The standard InChI is InChI=1S/C14H14BrFN2O/c1-9(17)13-5-11(15)2-3-14(13)19-8-10-4-12(16)7-18-6-10/h2-7,9H,8,17H2,1H3/t9-/m1/s1. The number of pyridine rings is 1. The summed E-state index contributed by atoms with van der Waals surface area (Å²) in [6, 6.07) is 6.90. The lowest BCUT2D eigenvalue weighted by Crippen LogP contribution is -2.08. The zero-order valence-corrected chi connectivity index (χ0v) is 12.0. The van der Waals surface area contributed by atoms with E-state index in [0.717, 1.165) is 16.2 Å². The molecule has 2 rings (SSSR count). The van der Waals surface area contributed by atoms with Gasteiger partial charge in [0.1, 0.15) is 18.2 Å². The van der Waals surface area contributed by atoms with Gasteiger partial charge in [-0.3, -0.25) is 4.98 Å². The van der Waals surface area contributed by atoms with Crippen LogP contribution in [0.3, 0.4) is 0 Å². The molecule has 1 aromatic carbocycles. The van der Waals surface area contributed by atoms with E-state index in [2.05, 4.69) is 20.9 Å². The van der Waals surface area contributed by atoms with E-state index < -0.39 is 0 Å². The van der Waals surface area contributed by atoms with E-state index in [1.807, 2.05) is 25.1 Å². The maximum atomic E-state index is 13.0. The first-order valence-electron chi connectivity index (χ1n) is 5.83. The van der Waals surface area contributed by atoms with Gasteiger partial charge in [-0.1, -0.05) is 15.9 Å². The Morgan fingerprint density at radius 3 is 2.84 bits per heavy atom. The first-order chi connectivity index (χ1) is 9.06. The van der Waals surface area contributed by atoms with Gasteiger partial charge in [-0.05, 0) is 31.2 Å². The van der Waals surface area contributed by atoms with Gasteiger partial charge < -0.3 is 10.5 Å². The lowest BCUT2D eigenvalue weighted by atomic mass is 10.1. The van der Waals surface area contributed by atoms with Crippen LogP contribution in [0.5, 0.6) is 5.75 Å². The molecule has 3 nitrogen and oxygen atoms in total. The quantitative estimate of drug-likeness (QED) is 0.935. The van der Waals surface area contributed by atoms with Crippen molar-refractivity contribution in [1.29, 1.82) is 0 Å². The molecule has 0 aliphatic carbocycles. The summed E-state index contributed by atoms with van der Waals surface area (Å²) in [5.41, 5.74) is 7.48. The van der Waals surface area contributed by atoms with Gasteiger partial charge in [0.05, 0.1) is 6.20 Å².